The van der Waals surface area contributed by atoms with E-state index in [0.717, 1.165) is 25.0 Å². The minimum absolute atomic E-state index is 0.163. The Morgan fingerprint density at radius 3 is 2.67 bits per heavy atom. The molecule has 0 aromatic carbocycles. The summed E-state index contributed by atoms with van der Waals surface area (Å²) in [5, 5.41) is 19.0. The van der Waals surface area contributed by atoms with Crippen LogP contribution < -0.4 is 10.6 Å². The van der Waals surface area contributed by atoms with Gasteiger partial charge in [0.1, 0.15) is 0 Å². The third-order valence-corrected chi connectivity index (χ3v) is 4.09. The number of aryl methyl sites for hydroxylation is 2. The number of urea groups is 1. The fourth-order valence-corrected chi connectivity index (χ4v) is 2.83. The van der Waals surface area contributed by atoms with Crippen molar-refractivity contribution in [3.05, 3.63) is 11.9 Å². The second-order valence-corrected chi connectivity index (χ2v) is 5.62. The van der Waals surface area contributed by atoms with Crippen molar-refractivity contribution < 1.29 is 14.7 Å². The predicted octanol–water partition coefficient (Wildman–Crippen LogP) is 1.75. The van der Waals surface area contributed by atoms with Crippen LogP contribution in [0.5, 0.6) is 0 Å². The van der Waals surface area contributed by atoms with Gasteiger partial charge >= 0.3 is 12.0 Å². The fourth-order valence-electron chi connectivity index (χ4n) is 2.83. The summed E-state index contributed by atoms with van der Waals surface area (Å²) in [5.74, 6) is -0.823. The molecule has 1 aromatic rings. The van der Waals surface area contributed by atoms with Gasteiger partial charge in [0.05, 0.1) is 16.8 Å². The zero-order chi connectivity index (χ0) is 15.5. The van der Waals surface area contributed by atoms with Gasteiger partial charge in [0.25, 0.3) is 0 Å². The van der Waals surface area contributed by atoms with E-state index in [-0.39, 0.29) is 12.6 Å². The third-order valence-electron chi connectivity index (χ3n) is 4.09. The van der Waals surface area contributed by atoms with Gasteiger partial charge in [-0.2, -0.15) is 5.10 Å². The number of hydrogen-bond acceptors (Lipinski definition) is 3. The highest BCUT2D eigenvalue weighted by Gasteiger charge is 2.41. The summed E-state index contributed by atoms with van der Waals surface area (Å²) in [6, 6.07) is -0.384. The summed E-state index contributed by atoms with van der Waals surface area (Å²) < 4.78 is 1.64. The van der Waals surface area contributed by atoms with Crippen LogP contribution >= 0.6 is 0 Å². The minimum atomic E-state index is -0.823. The maximum Gasteiger partial charge on any atom is 0.319 e. The lowest BCUT2D eigenvalue weighted by atomic mass is 9.86. The zero-order valence-corrected chi connectivity index (χ0v) is 12.5. The Kier molecular flexibility index (Phi) is 4.50. The van der Waals surface area contributed by atoms with Gasteiger partial charge in [-0.25, -0.2) is 4.79 Å². The molecule has 2 rings (SSSR count). The molecule has 3 N–H and O–H groups in total. The van der Waals surface area contributed by atoms with E-state index in [1.54, 1.807) is 17.9 Å². The molecule has 0 atom stereocenters. The molecule has 1 aliphatic rings. The standard InChI is InChI=1S/C14H22N4O3/c1-3-10-11(8-18(2)17-10)16-13(21)15-9-14(12(19)20)6-4-5-7-14/h8H,3-7,9H2,1-2H3,(H,19,20)(H2,15,16,21). The number of amides is 2. The summed E-state index contributed by atoms with van der Waals surface area (Å²) in [5.41, 5.74) is 0.662. The average Bonchev–Trinajstić information content (AvgIpc) is 3.04. The van der Waals surface area contributed by atoms with Crippen LogP contribution in [0.3, 0.4) is 0 Å². The Morgan fingerprint density at radius 1 is 1.43 bits per heavy atom. The van der Waals surface area contributed by atoms with Gasteiger partial charge in [0, 0.05) is 19.8 Å². The highest BCUT2D eigenvalue weighted by Crippen LogP contribution is 2.37. The SMILES string of the molecule is CCc1nn(C)cc1NC(=O)NCC1(C(=O)O)CCCC1. The lowest BCUT2D eigenvalue weighted by Crippen LogP contribution is -2.42. The Bertz CT molecular complexity index is 532. The van der Waals surface area contributed by atoms with Crippen LogP contribution in [0.4, 0.5) is 10.5 Å². The molecule has 0 radical (unpaired) electrons. The van der Waals surface area contributed by atoms with Crippen molar-refractivity contribution in [3.63, 3.8) is 0 Å². The normalized spacial score (nSPS) is 16.7. The van der Waals surface area contributed by atoms with Crippen molar-refractivity contribution in [2.24, 2.45) is 12.5 Å². The van der Waals surface area contributed by atoms with Crippen LogP contribution in [0, 0.1) is 5.41 Å². The molecule has 1 aliphatic carbocycles. The largest absolute Gasteiger partial charge is 0.481 e. The number of carbonyl (C=O) groups is 2. The van der Waals surface area contributed by atoms with Crippen molar-refractivity contribution in [1.82, 2.24) is 15.1 Å². The van der Waals surface area contributed by atoms with Crippen LogP contribution in [-0.2, 0) is 18.3 Å². The maximum atomic E-state index is 12.0. The van der Waals surface area contributed by atoms with Crippen LogP contribution in [0.1, 0.15) is 38.3 Å². The highest BCUT2D eigenvalue weighted by atomic mass is 16.4. The van der Waals surface area contributed by atoms with Crippen molar-refractivity contribution in [1.29, 1.82) is 0 Å². The summed E-state index contributed by atoms with van der Waals surface area (Å²) in [6.07, 6.45) is 5.50. The lowest BCUT2D eigenvalue weighted by molar-refractivity contribution is -0.148. The van der Waals surface area contributed by atoms with Crippen LogP contribution in [-0.4, -0.2) is 33.4 Å². The lowest BCUT2D eigenvalue weighted by Gasteiger charge is -2.23. The molecule has 7 nitrogen and oxygen atoms in total. The van der Waals surface area contributed by atoms with E-state index >= 15 is 0 Å². The quantitative estimate of drug-likeness (QED) is 0.770. The number of aliphatic carboxylic acids is 1. The van der Waals surface area contributed by atoms with Gasteiger partial charge in [0.2, 0.25) is 0 Å². The molecule has 0 aliphatic heterocycles. The first-order chi connectivity index (χ1) is 9.97. The van der Waals surface area contributed by atoms with E-state index in [1.165, 1.54) is 0 Å². The number of carboxylic acids is 1. The van der Waals surface area contributed by atoms with Crippen molar-refractivity contribution in [2.45, 2.75) is 39.0 Å². The molecule has 7 heteroatoms. The molecule has 1 heterocycles. The van der Waals surface area contributed by atoms with Gasteiger partial charge in [-0.3, -0.25) is 9.48 Å². The molecule has 2 amide bonds. The number of rotatable bonds is 5. The van der Waals surface area contributed by atoms with Gasteiger partial charge in [-0.15, -0.1) is 0 Å². The smallest absolute Gasteiger partial charge is 0.319 e. The molecule has 0 bridgehead atoms. The summed E-state index contributed by atoms with van der Waals surface area (Å²) in [7, 11) is 1.79. The monoisotopic (exact) mass is 294 g/mol. The molecular formula is C14H22N4O3. The first-order valence-corrected chi connectivity index (χ1v) is 7.27. The Hall–Kier alpha value is -2.05. The minimum Gasteiger partial charge on any atom is -0.481 e. The zero-order valence-electron chi connectivity index (χ0n) is 12.5. The maximum absolute atomic E-state index is 12.0. The van der Waals surface area contributed by atoms with Crippen LogP contribution in [0.25, 0.3) is 0 Å². The molecular weight excluding hydrogens is 272 g/mol. The number of carbonyl (C=O) groups excluding carboxylic acids is 1. The second-order valence-electron chi connectivity index (χ2n) is 5.62. The third kappa shape index (κ3) is 3.34. The molecule has 116 valence electrons. The van der Waals surface area contributed by atoms with Crippen molar-refractivity contribution in [3.8, 4) is 0 Å². The van der Waals surface area contributed by atoms with E-state index in [1.807, 2.05) is 6.92 Å². The Labute approximate surface area is 123 Å². The number of aromatic nitrogens is 2. The molecule has 0 spiro atoms. The Morgan fingerprint density at radius 2 is 2.10 bits per heavy atom. The number of carboxylic acid groups (broad SMARTS) is 1. The fraction of sp³-hybridized carbons (Fsp3) is 0.643. The summed E-state index contributed by atoms with van der Waals surface area (Å²) in [4.78, 5) is 23.4. The average molecular weight is 294 g/mol. The van der Waals surface area contributed by atoms with Gasteiger partial charge in [0.15, 0.2) is 0 Å². The topological polar surface area (TPSA) is 96.3 Å². The molecule has 0 unspecified atom stereocenters. The molecule has 1 fully saturated rings. The summed E-state index contributed by atoms with van der Waals surface area (Å²) in [6.45, 7) is 2.12. The van der Waals surface area contributed by atoms with Gasteiger partial charge in [-0.05, 0) is 19.3 Å². The number of hydrogen-bond donors (Lipinski definition) is 3. The van der Waals surface area contributed by atoms with Crippen LogP contribution in [0.15, 0.2) is 6.20 Å². The molecule has 1 aromatic heterocycles. The second kappa shape index (κ2) is 6.15. The van der Waals surface area contributed by atoms with E-state index in [9.17, 15) is 14.7 Å². The molecule has 21 heavy (non-hydrogen) atoms. The Balaban J connectivity index is 1.94. The number of nitrogens with one attached hydrogen (secondary N) is 2. The number of nitrogens with zero attached hydrogens (tertiary/aromatic N) is 2. The van der Waals surface area contributed by atoms with Crippen molar-refractivity contribution in [2.75, 3.05) is 11.9 Å². The summed E-state index contributed by atoms with van der Waals surface area (Å²) >= 11 is 0. The molecule has 1 saturated carbocycles. The van der Waals surface area contributed by atoms with Gasteiger partial charge in [-0.1, -0.05) is 19.8 Å². The highest BCUT2D eigenvalue weighted by molar-refractivity contribution is 5.90. The van der Waals surface area contributed by atoms with Gasteiger partial charge < -0.3 is 15.7 Å². The first-order valence-electron chi connectivity index (χ1n) is 7.27. The van der Waals surface area contributed by atoms with E-state index in [4.69, 9.17) is 0 Å². The van der Waals surface area contributed by atoms with E-state index < -0.39 is 11.4 Å². The van der Waals surface area contributed by atoms with Crippen molar-refractivity contribution >= 4 is 17.7 Å². The predicted molar refractivity (Wildman–Crippen MR) is 78.1 cm³/mol. The first kappa shape index (κ1) is 15.3. The molecule has 0 saturated heterocycles. The van der Waals surface area contributed by atoms with Crippen LogP contribution in [0.2, 0.25) is 0 Å². The number of anilines is 1. The van der Waals surface area contributed by atoms with E-state index in [0.29, 0.717) is 18.5 Å². The van der Waals surface area contributed by atoms with E-state index in [2.05, 4.69) is 15.7 Å².